The van der Waals surface area contributed by atoms with Crippen LogP contribution in [0.25, 0.3) is 16.8 Å². The number of nitrogens with zero attached hydrogens (tertiary/aromatic N) is 1. The monoisotopic (exact) mass is 253 g/mol. The number of hydrogen-bond acceptors (Lipinski definition) is 4. The van der Waals surface area contributed by atoms with Gasteiger partial charge in [-0.1, -0.05) is 24.3 Å². The molecule has 0 N–H and O–H groups in total. The van der Waals surface area contributed by atoms with Crippen LogP contribution in [0.5, 0.6) is 0 Å². The standard InChI is InChI=1S/C14H7NO4/c16-13-11-6-9-4-2-1-3-8(9)5-10(11)7-12(14(13)17)15(18)19/h1-7H. The Kier molecular flexibility index (Phi) is 2.28. The topological polar surface area (TPSA) is 77.3 Å². The molecular formula is C14H7NO4. The fourth-order valence-corrected chi connectivity index (χ4v) is 2.16. The number of nitro groups is 1. The van der Waals surface area contributed by atoms with Gasteiger partial charge in [0.1, 0.15) is 0 Å². The van der Waals surface area contributed by atoms with Crippen LogP contribution in [-0.4, -0.2) is 16.5 Å². The second-order valence-corrected chi connectivity index (χ2v) is 4.23. The summed E-state index contributed by atoms with van der Waals surface area (Å²) in [5.41, 5.74) is -0.0444. The van der Waals surface area contributed by atoms with E-state index >= 15 is 0 Å². The Bertz CT molecular complexity index is 789. The molecule has 0 radical (unpaired) electrons. The number of rotatable bonds is 1. The Morgan fingerprint density at radius 2 is 1.58 bits per heavy atom. The normalized spacial score (nSPS) is 14.2. The molecule has 0 saturated heterocycles. The van der Waals surface area contributed by atoms with Gasteiger partial charge < -0.3 is 0 Å². The number of fused-ring (bicyclic) bond motifs is 2. The maximum atomic E-state index is 11.9. The van der Waals surface area contributed by atoms with Gasteiger partial charge in [0.05, 0.1) is 4.92 Å². The minimum atomic E-state index is -1.06. The summed E-state index contributed by atoms with van der Waals surface area (Å²) in [5.74, 6) is -1.89. The first kappa shape index (κ1) is 11.3. The van der Waals surface area contributed by atoms with Crippen LogP contribution in [0.4, 0.5) is 0 Å². The maximum absolute atomic E-state index is 11.9. The van der Waals surface area contributed by atoms with Crippen molar-refractivity contribution in [1.82, 2.24) is 0 Å². The molecule has 0 saturated carbocycles. The van der Waals surface area contributed by atoms with E-state index in [1.54, 1.807) is 12.1 Å². The zero-order valence-electron chi connectivity index (χ0n) is 9.62. The highest BCUT2D eigenvalue weighted by molar-refractivity contribution is 6.51. The smallest absolute Gasteiger partial charge is 0.285 e. The molecule has 0 aliphatic heterocycles. The Morgan fingerprint density at radius 3 is 2.21 bits per heavy atom. The third-order valence-corrected chi connectivity index (χ3v) is 3.09. The van der Waals surface area contributed by atoms with Gasteiger partial charge in [0.15, 0.2) is 0 Å². The minimum Gasteiger partial charge on any atom is -0.285 e. The lowest BCUT2D eigenvalue weighted by atomic mass is 9.91. The molecule has 0 bridgehead atoms. The SMILES string of the molecule is O=C1C(=O)c2cc3ccccc3cc2C=C1[N+](=O)[O-]. The van der Waals surface area contributed by atoms with E-state index in [0.717, 1.165) is 16.8 Å². The third-order valence-electron chi connectivity index (χ3n) is 3.09. The van der Waals surface area contributed by atoms with E-state index < -0.39 is 22.2 Å². The van der Waals surface area contributed by atoms with Crippen LogP contribution in [0.2, 0.25) is 0 Å². The van der Waals surface area contributed by atoms with Crippen LogP contribution in [0, 0.1) is 10.1 Å². The molecule has 0 fully saturated rings. The molecule has 0 unspecified atom stereocenters. The molecule has 0 heterocycles. The molecule has 5 nitrogen and oxygen atoms in total. The first-order valence-electron chi connectivity index (χ1n) is 5.56. The second-order valence-electron chi connectivity index (χ2n) is 4.23. The highest BCUT2D eigenvalue weighted by atomic mass is 16.6. The summed E-state index contributed by atoms with van der Waals surface area (Å²) < 4.78 is 0. The van der Waals surface area contributed by atoms with Crippen LogP contribution < -0.4 is 0 Å². The van der Waals surface area contributed by atoms with Gasteiger partial charge in [-0.05, 0) is 28.5 Å². The van der Waals surface area contributed by atoms with E-state index in [9.17, 15) is 19.7 Å². The molecule has 19 heavy (non-hydrogen) atoms. The molecule has 1 aliphatic carbocycles. The van der Waals surface area contributed by atoms with E-state index in [0.29, 0.717) is 5.56 Å². The Labute approximate surface area is 107 Å². The van der Waals surface area contributed by atoms with E-state index in [2.05, 4.69) is 0 Å². The lowest BCUT2D eigenvalue weighted by Gasteiger charge is -2.10. The highest BCUT2D eigenvalue weighted by Gasteiger charge is 2.35. The first-order valence-corrected chi connectivity index (χ1v) is 5.56. The van der Waals surface area contributed by atoms with Crippen LogP contribution in [0.15, 0.2) is 42.1 Å². The molecule has 5 heteroatoms. The van der Waals surface area contributed by atoms with Gasteiger partial charge in [0.2, 0.25) is 5.78 Å². The molecular weight excluding hydrogens is 246 g/mol. The van der Waals surface area contributed by atoms with Crippen molar-refractivity contribution in [3.05, 3.63) is 63.3 Å². The summed E-state index contributed by atoms with van der Waals surface area (Å²) >= 11 is 0. The number of Topliss-reactive ketones (excluding diaryl/α,β-unsaturated/α-hetero) is 2. The molecule has 2 aromatic rings. The van der Waals surface area contributed by atoms with Crippen molar-refractivity contribution < 1.29 is 14.5 Å². The molecule has 92 valence electrons. The fraction of sp³-hybridized carbons (Fsp3) is 0. The number of allylic oxidation sites excluding steroid dienone is 1. The zero-order chi connectivity index (χ0) is 13.6. The molecule has 0 amide bonds. The van der Waals surface area contributed by atoms with E-state index in [-0.39, 0.29) is 5.56 Å². The van der Waals surface area contributed by atoms with Crippen molar-refractivity contribution in [3.63, 3.8) is 0 Å². The van der Waals surface area contributed by atoms with Gasteiger partial charge in [0.25, 0.3) is 0 Å². The van der Waals surface area contributed by atoms with Gasteiger partial charge >= 0.3 is 11.5 Å². The summed E-state index contributed by atoms with van der Waals surface area (Å²) in [6.45, 7) is 0. The number of carbonyl (C=O) groups is 2. The number of carbonyl (C=O) groups excluding carboxylic acids is 2. The van der Waals surface area contributed by atoms with Crippen LogP contribution in [-0.2, 0) is 4.79 Å². The molecule has 1 aliphatic rings. The molecule has 0 atom stereocenters. The average molecular weight is 253 g/mol. The number of benzene rings is 2. The van der Waals surface area contributed by atoms with Crippen molar-refractivity contribution in [2.75, 3.05) is 0 Å². The minimum absolute atomic E-state index is 0.217. The van der Waals surface area contributed by atoms with Gasteiger partial charge in [-0.3, -0.25) is 19.7 Å². The predicted molar refractivity (Wildman–Crippen MR) is 68.3 cm³/mol. The van der Waals surface area contributed by atoms with Crippen LogP contribution >= 0.6 is 0 Å². The van der Waals surface area contributed by atoms with E-state index in [4.69, 9.17) is 0 Å². The summed E-state index contributed by atoms with van der Waals surface area (Å²) in [5, 5.41) is 12.4. The Morgan fingerprint density at radius 1 is 0.947 bits per heavy atom. The lowest BCUT2D eigenvalue weighted by Crippen LogP contribution is -2.25. The van der Waals surface area contributed by atoms with Crippen LogP contribution in [0.1, 0.15) is 15.9 Å². The molecule has 2 aromatic carbocycles. The maximum Gasteiger partial charge on any atom is 0.321 e. The van der Waals surface area contributed by atoms with Crippen molar-refractivity contribution in [2.45, 2.75) is 0 Å². The van der Waals surface area contributed by atoms with Crippen molar-refractivity contribution >= 4 is 28.4 Å². The second kappa shape index (κ2) is 3.84. The van der Waals surface area contributed by atoms with Gasteiger partial charge in [-0.2, -0.15) is 0 Å². The van der Waals surface area contributed by atoms with Gasteiger partial charge in [-0.25, -0.2) is 0 Å². The Hall–Kier alpha value is -2.82. The van der Waals surface area contributed by atoms with Crippen molar-refractivity contribution in [3.8, 4) is 0 Å². The van der Waals surface area contributed by atoms with Crippen LogP contribution in [0.3, 0.4) is 0 Å². The molecule has 0 aromatic heterocycles. The lowest BCUT2D eigenvalue weighted by molar-refractivity contribution is -0.416. The molecule has 0 spiro atoms. The quantitative estimate of drug-likeness (QED) is 0.443. The number of hydrogen-bond donors (Lipinski definition) is 0. The van der Waals surface area contributed by atoms with Crippen molar-refractivity contribution in [1.29, 1.82) is 0 Å². The van der Waals surface area contributed by atoms with E-state index in [1.165, 1.54) is 0 Å². The zero-order valence-corrected chi connectivity index (χ0v) is 9.62. The predicted octanol–water partition coefficient (Wildman–Crippen LogP) is 2.22. The highest BCUT2D eigenvalue weighted by Crippen LogP contribution is 2.27. The van der Waals surface area contributed by atoms with Gasteiger partial charge in [0, 0.05) is 11.6 Å². The Balaban J connectivity index is 2.33. The summed E-state index contributed by atoms with van der Waals surface area (Å²) in [6, 6.07) is 10.6. The largest absolute Gasteiger partial charge is 0.321 e. The average Bonchev–Trinajstić information content (AvgIpc) is 2.41. The summed E-state index contributed by atoms with van der Waals surface area (Å²) in [6.07, 6.45) is 1.16. The third kappa shape index (κ3) is 1.63. The van der Waals surface area contributed by atoms with Gasteiger partial charge in [-0.15, -0.1) is 0 Å². The van der Waals surface area contributed by atoms with E-state index in [1.807, 2.05) is 24.3 Å². The summed E-state index contributed by atoms with van der Waals surface area (Å²) in [4.78, 5) is 33.4. The summed E-state index contributed by atoms with van der Waals surface area (Å²) in [7, 11) is 0. The fourth-order valence-electron chi connectivity index (χ4n) is 2.16. The first-order chi connectivity index (χ1) is 9.08. The molecule has 3 rings (SSSR count). The number of ketones is 2. The van der Waals surface area contributed by atoms with Crippen molar-refractivity contribution in [2.24, 2.45) is 0 Å².